The topological polar surface area (TPSA) is 41.6 Å². The van der Waals surface area contributed by atoms with E-state index < -0.39 is 0 Å². The first-order chi connectivity index (χ1) is 9.62. The summed E-state index contributed by atoms with van der Waals surface area (Å²) in [6.07, 6.45) is 0. The number of hydrogen-bond donors (Lipinski definition) is 1. The van der Waals surface area contributed by atoms with Crippen molar-refractivity contribution in [1.29, 1.82) is 0 Å². The number of ether oxygens (including phenoxy) is 1. The molecule has 0 aliphatic rings. The minimum absolute atomic E-state index is 0.144. The summed E-state index contributed by atoms with van der Waals surface area (Å²) in [6.45, 7) is 10.6. The highest BCUT2D eigenvalue weighted by Crippen LogP contribution is 2.17. The Morgan fingerprint density at radius 3 is 2.30 bits per heavy atom. The Hall–Kier alpha value is -1.55. The highest BCUT2D eigenvalue weighted by Gasteiger charge is 2.11. The second-order valence-corrected chi connectivity index (χ2v) is 4.67. The maximum atomic E-state index is 11.9. The fourth-order valence-electron chi connectivity index (χ4n) is 2.07. The van der Waals surface area contributed by atoms with Crippen LogP contribution < -0.4 is 10.1 Å². The van der Waals surface area contributed by atoms with Crippen LogP contribution in [-0.2, 0) is 4.79 Å². The van der Waals surface area contributed by atoms with E-state index in [1.165, 1.54) is 0 Å². The van der Waals surface area contributed by atoms with Gasteiger partial charge in [-0.3, -0.25) is 4.79 Å². The van der Waals surface area contributed by atoms with Crippen molar-refractivity contribution in [3.63, 3.8) is 0 Å². The van der Waals surface area contributed by atoms with Crippen LogP contribution in [0.2, 0.25) is 0 Å². The summed E-state index contributed by atoms with van der Waals surface area (Å²) in [6, 6.07) is 8.13. The summed E-state index contributed by atoms with van der Waals surface area (Å²) in [4.78, 5) is 13.8. The van der Waals surface area contributed by atoms with E-state index >= 15 is 0 Å². The number of rotatable bonds is 8. The number of carbonyl (C=O) groups excluding carboxylic acids is 1. The van der Waals surface area contributed by atoms with Gasteiger partial charge in [-0.25, -0.2) is 0 Å². The van der Waals surface area contributed by atoms with Crippen molar-refractivity contribution < 1.29 is 9.53 Å². The number of likely N-dealkylation sites (N-methyl/N-ethyl adjacent to an activating group) is 1. The molecule has 0 saturated heterocycles. The van der Waals surface area contributed by atoms with Gasteiger partial charge in [0, 0.05) is 19.1 Å². The van der Waals surface area contributed by atoms with Crippen LogP contribution in [0.25, 0.3) is 0 Å². The van der Waals surface area contributed by atoms with Gasteiger partial charge in [0.1, 0.15) is 5.75 Å². The molecule has 0 aromatic heterocycles. The van der Waals surface area contributed by atoms with Crippen molar-refractivity contribution in [2.45, 2.75) is 33.7 Å². The number of carbonyl (C=O) groups is 1. The first kappa shape index (κ1) is 16.5. The van der Waals surface area contributed by atoms with E-state index in [0.717, 1.165) is 24.4 Å². The Kier molecular flexibility index (Phi) is 7.09. The summed E-state index contributed by atoms with van der Waals surface area (Å²) in [5.41, 5.74) is 1.15. The van der Waals surface area contributed by atoms with Crippen LogP contribution in [-0.4, -0.2) is 37.0 Å². The number of nitrogens with zero attached hydrogens (tertiary/aromatic N) is 1. The molecule has 0 spiro atoms. The molecule has 0 fully saturated rings. The largest absolute Gasteiger partial charge is 0.494 e. The van der Waals surface area contributed by atoms with Gasteiger partial charge in [0.25, 0.3) is 0 Å². The highest BCUT2D eigenvalue weighted by atomic mass is 16.5. The van der Waals surface area contributed by atoms with Crippen molar-refractivity contribution >= 4 is 5.91 Å². The number of hydrogen-bond acceptors (Lipinski definition) is 3. The second kappa shape index (κ2) is 8.59. The van der Waals surface area contributed by atoms with E-state index in [-0.39, 0.29) is 11.9 Å². The van der Waals surface area contributed by atoms with Crippen LogP contribution in [0.1, 0.15) is 39.3 Å². The molecule has 1 N–H and O–H groups in total. The SMILES string of the molecule is CCOc1ccc(C(C)NCC(=O)N(CC)CC)cc1. The molecule has 112 valence electrons. The Bertz CT molecular complexity index is 399. The smallest absolute Gasteiger partial charge is 0.236 e. The second-order valence-electron chi connectivity index (χ2n) is 4.67. The Morgan fingerprint density at radius 1 is 1.20 bits per heavy atom. The van der Waals surface area contributed by atoms with Gasteiger partial charge in [0.2, 0.25) is 5.91 Å². The number of nitrogens with one attached hydrogen (secondary N) is 1. The van der Waals surface area contributed by atoms with Crippen LogP contribution >= 0.6 is 0 Å². The standard InChI is InChI=1S/C16H26N2O2/c1-5-18(6-2)16(19)12-17-13(4)14-8-10-15(11-9-14)20-7-3/h8-11,13,17H,5-7,12H2,1-4H3. The van der Waals surface area contributed by atoms with E-state index in [1.54, 1.807) is 0 Å². The van der Waals surface area contributed by atoms with Gasteiger partial charge in [0.05, 0.1) is 13.2 Å². The monoisotopic (exact) mass is 278 g/mol. The Morgan fingerprint density at radius 2 is 1.80 bits per heavy atom. The zero-order valence-corrected chi connectivity index (χ0v) is 13.0. The molecule has 4 heteroatoms. The summed E-state index contributed by atoms with van der Waals surface area (Å²) in [7, 11) is 0. The van der Waals surface area contributed by atoms with Crippen LogP contribution in [0.3, 0.4) is 0 Å². The van der Waals surface area contributed by atoms with E-state index in [2.05, 4.69) is 12.2 Å². The fraction of sp³-hybridized carbons (Fsp3) is 0.562. The normalized spacial score (nSPS) is 12.0. The van der Waals surface area contributed by atoms with Crippen LogP contribution in [0.15, 0.2) is 24.3 Å². The van der Waals surface area contributed by atoms with Crippen molar-refractivity contribution in [2.24, 2.45) is 0 Å². The minimum Gasteiger partial charge on any atom is -0.494 e. The van der Waals surface area contributed by atoms with Crippen molar-refractivity contribution in [3.8, 4) is 5.75 Å². The lowest BCUT2D eigenvalue weighted by Gasteiger charge is -2.21. The summed E-state index contributed by atoms with van der Waals surface area (Å²) in [5, 5.41) is 3.27. The molecule has 0 saturated carbocycles. The summed E-state index contributed by atoms with van der Waals surface area (Å²) in [5.74, 6) is 1.02. The zero-order chi connectivity index (χ0) is 15.0. The molecule has 1 rings (SSSR count). The zero-order valence-electron chi connectivity index (χ0n) is 13.0. The lowest BCUT2D eigenvalue weighted by Crippen LogP contribution is -2.38. The van der Waals surface area contributed by atoms with Crippen molar-refractivity contribution in [1.82, 2.24) is 10.2 Å². The predicted molar refractivity (Wildman–Crippen MR) is 82.0 cm³/mol. The van der Waals surface area contributed by atoms with Gasteiger partial charge in [-0.1, -0.05) is 12.1 Å². The Labute approximate surface area is 122 Å². The quantitative estimate of drug-likeness (QED) is 0.794. The average molecular weight is 278 g/mol. The maximum Gasteiger partial charge on any atom is 0.236 e. The molecule has 1 amide bonds. The van der Waals surface area contributed by atoms with Crippen LogP contribution in [0.4, 0.5) is 0 Å². The fourth-order valence-corrected chi connectivity index (χ4v) is 2.07. The molecular weight excluding hydrogens is 252 g/mol. The molecule has 0 heterocycles. The number of amides is 1. The van der Waals surface area contributed by atoms with Crippen molar-refractivity contribution in [3.05, 3.63) is 29.8 Å². The van der Waals surface area contributed by atoms with E-state index in [0.29, 0.717) is 13.2 Å². The highest BCUT2D eigenvalue weighted by molar-refractivity contribution is 5.78. The van der Waals surface area contributed by atoms with Gasteiger partial charge in [0.15, 0.2) is 0 Å². The number of benzene rings is 1. The lowest BCUT2D eigenvalue weighted by molar-refractivity contribution is -0.129. The minimum atomic E-state index is 0.144. The van der Waals surface area contributed by atoms with Gasteiger partial charge >= 0.3 is 0 Å². The van der Waals surface area contributed by atoms with Gasteiger partial charge in [-0.15, -0.1) is 0 Å². The molecule has 20 heavy (non-hydrogen) atoms. The lowest BCUT2D eigenvalue weighted by atomic mass is 10.1. The molecule has 1 aromatic rings. The van der Waals surface area contributed by atoms with Crippen LogP contribution in [0.5, 0.6) is 5.75 Å². The van der Waals surface area contributed by atoms with Crippen LogP contribution in [0, 0.1) is 0 Å². The van der Waals surface area contributed by atoms with Gasteiger partial charge in [-0.2, -0.15) is 0 Å². The molecule has 0 bridgehead atoms. The molecular formula is C16H26N2O2. The van der Waals surface area contributed by atoms with E-state index in [4.69, 9.17) is 4.74 Å². The average Bonchev–Trinajstić information content (AvgIpc) is 2.47. The summed E-state index contributed by atoms with van der Waals surface area (Å²) >= 11 is 0. The third-order valence-electron chi connectivity index (χ3n) is 3.37. The van der Waals surface area contributed by atoms with Gasteiger partial charge in [-0.05, 0) is 45.4 Å². The van der Waals surface area contributed by atoms with E-state index in [9.17, 15) is 4.79 Å². The maximum absolute atomic E-state index is 11.9. The molecule has 1 aromatic carbocycles. The van der Waals surface area contributed by atoms with Gasteiger partial charge < -0.3 is 15.0 Å². The first-order valence-corrected chi connectivity index (χ1v) is 7.36. The van der Waals surface area contributed by atoms with Crippen molar-refractivity contribution in [2.75, 3.05) is 26.2 Å². The molecule has 0 aliphatic carbocycles. The third kappa shape index (κ3) is 4.85. The third-order valence-corrected chi connectivity index (χ3v) is 3.37. The summed E-state index contributed by atoms with van der Waals surface area (Å²) < 4.78 is 5.42. The van der Waals surface area contributed by atoms with E-state index in [1.807, 2.05) is 49.9 Å². The molecule has 1 atom stereocenters. The molecule has 4 nitrogen and oxygen atoms in total. The predicted octanol–water partition coefficient (Wildman–Crippen LogP) is 2.60. The molecule has 1 unspecified atom stereocenters. The Balaban J connectivity index is 2.49. The molecule has 0 aliphatic heterocycles. The first-order valence-electron chi connectivity index (χ1n) is 7.36. The molecule has 0 radical (unpaired) electrons.